The Morgan fingerprint density at radius 2 is 1.50 bits per heavy atom. The number of nitrogens with zero attached hydrogens (tertiary/aromatic N) is 1. The lowest BCUT2D eigenvalue weighted by Gasteiger charge is -2.41. The summed E-state index contributed by atoms with van der Waals surface area (Å²) in [6.45, 7) is 1.20. The summed E-state index contributed by atoms with van der Waals surface area (Å²) in [5, 5.41) is 17.4. The van der Waals surface area contributed by atoms with E-state index in [1.165, 1.54) is 0 Å². The molecule has 1 fully saturated rings. The molecule has 6 nitrogen and oxygen atoms in total. The molecule has 16 heavy (non-hydrogen) atoms. The van der Waals surface area contributed by atoms with Crippen LogP contribution in [-0.4, -0.2) is 66.0 Å². The van der Waals surface area contributed by atoms with Gasteiger partial charge in [-0.15, -0.1) is 0 Å². The van der Waals surface area contributed by atoms with Crippen LogP contribution >= 0.6 is 0 Å². The average Bonchev–Trinajstić information content (AvgIpc) is 1.95. The Kier molecular flexibility index (Phi) is 3.88. The second-order valence-electron chi connectivity index (χ2n) is 4.88. The highest BCUT2D eigenvalue weighted by Gasteiger charge is 2.36. The Hall–Kier alpha value is -1.14. The van der Waals surface area contributed by atoms with Crippen molar-refractivity contribution in [3.63, 3.8) is 0 Å². The van der Waals surface area contributed by atoms with Gasteiger partial charge in [-0.05, 0) is 0 Å². The van der Waals surface area contributed by atoms with E-state index in [1.54, 1.807) is 0 Å². The van der Waals surface area contributed by atoms with Crippen LogP contribution in [0.4, 0.5) is 0 Å². The fourth-order valence-electron chi connectivity index (χ4n) is 2.15. The number of aliphatic carboxylic acids is 2. The van der Waals surface area contributed by atoms with Gasteiger partial charge in [0.1, 0.15) is 25.3 Å². The zero-order chi connectivity index (χ0) is 12.3. The molecule has 1 aliphatic heterocycles. The third kappa shape index (κ3) is 4.16. The third-order valence-electron chi connectivity index (χ3n) is 2.59. The molecule has 0 amide bonds. The maximum atomic E-state index is 10.6. The Balaban J connectivity index is 2.61. The summed E-state index contributed by atoms with van der Waals surface area (Å²) in [7, 11) is 3.90. The fourth-order valence-corrected chi connectivity index (χ4v) is 2.15. The van der Waals surface area contributed by atoms with Crippen LogP contribution in [0.5, 0.6) is 0 Å². The first kappa shape index (κ1) is 12.9. The predicted octanol–water partition coefficient (Wildman–Crippen LogP) is -0.220. The first-order valence-corrected chi connectivity index (χ1v) is 5.19. The Labute approximate surface area is 94.0 Å². The Morgan fingerprint density at radius 3 is 1.81 bits per heavy atom. The Bertz CT molecular complexity index is 263. The number of morpholine rings is 1. The van der Waals surface area contributed by atoms with Gasteiger partial charge in [-0.25, -0.2) is 0 Å². The van der Waals surface area contributed by atoms with Gasteiger partial charge in [0.25, 0.3) is 0 Å². The van der Waals surface area contributed by atoms with Gasteiger partial charge in [0.05, 0.1) is 26.9 Å². The number of carbonyl (C=O) groups is 2. The number of ether oxygens (including phenoxy) is 1. The lowest BCUT2D eigenvalue weighted by Crippen LogP contribution is -2.57. The van der Waals surface area contributed by atoms with Crippen LogP contribution in [0.15, 0.2) is 0 Å². The van der Waals surface area contributed by atoms with E-state index in [9.17, 15) is 9.59 Å². The minimum Gasteiger partial charge on any atom is -0.481 e. The molecule has 1 heterocycles. The van der Waals surface area contributed by atoms with E-state index >= 15 is 0 Å². The molecule has 0 bridgehead atoms. The first-order valence-electron chi connectivity index (χ1n) is 5.19. The summed E-state index contributed by atoms with van der Waals surface area (Å²) >= 11 is 0. The van der Waals surface area contributed by atoms with Crippen LogP contribution in [0.1, 0.15) is 12.8 Å². The molecule has 6 heteroatoms. The van der Waals surface area contributed by atoms with Crippen LogP contribution in [-0.2, 0) is 14.3 Å². The number of hydrogen-bond acceptors (Lipinski definition) is 3. The van der Waals surface area contributed by atoms with Gasteiger partial charge >= 0.3 is 11.9 Å². The lowest BCUT2D eigenvalue weighted by atomic mass is 10.1. The predicted molar refractivity (Wildman–Crippen MR) is 55.0 cm³/mol. The molecule has 0 aromatic heterocycles. The molecule has 0 aliphatic carbocycles. The van der Waals surface area contributed by atoms with Crippen molar-refractivity contribution in [2.75, 3.05) is 27.2 Å². The molecule has 0 aromatic carbocycles. The molecule has 2 N–H and O–H groups in total. The number of rotatable bonds is 4. The number of quaternary nitrogens is 1. The molecule has 0 unspecified atom stereocenters. The van der Waals surface area contributed by atoms with Gasteiger partial charge in [-0.2, -0.15) is 0 Å². The van der Waals surface area contributed by atoms with Crippen molar-refractivity contribution in [2.24, 2.45) is 0 Å². The standard InChI is InChI=1S/C10H17NO5/c1-11(2)5-7(3-9(12)13)16-8(6-11)4-10(14)15/h7-8H,3-6H2,1-2H3,(H-,12,13,14,15)/p+1/t7-,8+. The van der Waals surface area contributed by atoms with Crippen LogP contribution in [0, 0.1) is 0 Å². The van der Waals surface area contributed by atoms with Crippen molar-refractivity contribution in [1.82, 2.24) is 0 Å². The number of hydrogen-bond donors (Lipinski definition) is 2. The number of carboxylic acid groups (broad SMARTS) is 2. The normalized spacial score (nSPS) is 28.6. The zero-order valence-electron chi connectivity index (χ0n) is 9.55. The smallest absolute Gasteiger partial charge is 0.306 e. The molecular formula is C10H18NO5+. The van der Waals surface area contributed by atoms with Crippen molar-refractivity contribution in [3.8, 4) is 0 Å². The van der Waals surface area contributed by atoms with Crippen molar-refractivity contribution >= 4 is 11.9 Å². The zero-order valence-corrected chi connectivity index (χ0v) is 9.55. The van der Waals surface area contributed by atoms with Crippen molar-refractivity contribution in [3.05, 3.63) is 0 Å². The maximum absolute atomic E-state index is 10.6. The fraction of sp³-hybridized carbons (Fsp3) is 0.800. The summed E-state index contributed by atoms with van der Waals surface area (Å²) in [5.74, 6) is -1.83. The molecule has 0 aromatic rings. The highest BCUT2D eigenvalue weighted by molar-refractivity contribution is 5.68. The van der Waals surface area contributed by atoms with Gasteiger partial charge < -0.3 is 19.4 Å². The van der Waals surface area contributed by atoms with Gasteiger partial charge in [-0.1, -0.05) is 0 Å². The third-order valence-corrected chi connectivity index (χ3v) is 2.59. The summed E-state index contributed by atoms with van der Waals surface area (Å²) < 4.78 is 6.06. The van der Waals surface area contributed by atoms with Gasteiger partial charge in [0.15, 0.2) is 0 Å². The Morgan fingerprint density at radius 1 is 1.12 bits per heavy atom. The van der Waals surface area contributed by atoms with Crippen LogP contribution < -0.4 is 0 Å². The summed E-state index contributed by atoms with van der Waals surface area (Å²) in [6, 6.07) is 0. The van der Waals surface area contributed by atoms with Gasteiger partial charge in [0.2, 0.25) is 0 Å². The SMILES string of the molecule is C[N+]1(C)C[C@@H](CC(=O)O)O[C@@H](CC(=O)O)C1. The van der Waals surface area contributed by atoms with Gasteiger partial charge in [-0.3, -0.25) is 9.59 Å². The maximum Gasteiger partial charge on any atom is 0.306 e. The van der Waals surface area contributed by atoms with E-state index in [-0.39, 0.29) is 12.8 Å². The first-order chi connectivity index (χ1) is 7.28. The lowest BCUT2D eigenvalue weighted by molar-refractivity contribution is -0.905. The summed E-state index contributed by atoms with van der Waals surface area (Å²) in [6.07, 6.45) is -0.938. The molecule has 0 spiro atoms. The minimum atomic E-state index is -0.916. The molecule has 1 aliphatic rings. The van der Waals surface area contributed by atoms with Crippen molar-refractivity contribution in [1.29, 1.82) is 0 Å². The monoisotopic (exact) mass is 232 g/mol. The molecular weight excluding hydrogens is 214 g/mol. The quantitative estimate of drug-likeness (QED) is 0.655. The second kappa shape index (κ2) is 4.80. The molecule has 0 saturated carbocycles. The number of carboxylic acids is 2. The molecule has 92 valence electrons. The highest BCUT2D eigenvalue weighted by atomic mass is 16.5. The van der Waals surface area contributed by atoms with E-state index in [0.717, 1.165) is 0 Å². The second-order valence-corrected chi connectivity index (χ2v) is 4.88. The van der Waals surface area contributed by atoms with E-state index < -0.39 is 24.1 Å². The molecule has 2 atom stereocenters. The van der Waals surface area contributed by atoms with E-state index in [2.05, 4.69) is 0 Å². The highest BCUT2D eigenvalue weighted by Crippen LogP contribution is 2.19. The molecule has 1 saturated heterocycles. The molecule has 1 rings (SSSR count). The van der Waals surface area contributed by atoms with Crippen LogP contribution in [0.25, 0.3) is 0 Å². The molecule has 0 radical (unpaired) electrons. The van der Waals surface area contributed by atoms with Crippen LogP contribution in [0.2, 0.25) is 0 Å². The van der Waals surface area contributed by atoms with E-state index in [1.807, 2.05) is 14.1 Å². The largest absolute Gasteiger partial charge is 0.481 e. The number of likely N-dealkylation sites (N-methyl/N-ethyl adjacent to an activating group) is 1. The van der Waals surface area contributed by atoms with E-state index in [0.29, 0.717) is 17.6 Å². The topological polar surface area (TPSA) is 83.8 Å². The summed E-state index contributed by atoms with van der Waals surface area (Å²) in [5.41, 5.74) is 0. The van der Waals surface area contributed by atoms with Crippen molar-refractivity contribution in [2.45, 2.75) is 25.0 Å². The van der Waals surface area contributed by atoms with Crippen molar-refractivity contribution < 1.29 is 29.0 Å². The summed E-state index contributed by atoms with van der Waals surface area (Å²) in [4.78, 5) is 21.2. The van der Waals surface area contributed by atoms with Gasteiger partial charge in [0, 0.05) is 0 Å². The minimum absolute atomic E-state index is 0.0716. The van der Waals surface area contributed by atoms with E-state index in [4.69, 9.17) is 14.9 Å². The van der Waals surface area contributed by atoms with Crippen LogP contribution in [0.3, 0.4) is 0 Å². The average molecular weight is 232 g/mol.